The molecule has 29 heavy (non-hydrogen) atoms. The number of carbonyl (C=O) groups excluding carboxylic acids is 1. The monoisotopic (exact) mass is 444 g/mol. The summed E-state index contributed by atoms with van der Waals surface area (Å²) in [5.74, 6) is -1.01. The van der Waals surface area contributed by atoms with Crippen LogP contribution in [0.5, 0.6) is 0 Å². The van der Waals surface area contributed by atoms with Gasteiger partial charge in [0, 0.05) is 17.4 Å². The average Bonchev–Trinajstić information content (AvgIpc) is 2.99. The minimum atomic E-state index is -0.912. The van der Waals surface area contributed by atoms with E-state index < -0.39 is 11.6 Å². The molecule has 2 aliphatic rings. The number of benzene rings is 1. The van der Waals surface area contributed by atoms with E-state index in [-0.39, 0.29) is 41.5 Å². The topological polar surface area (TPSA) is 65.0 Å². The number of carbonyl (C=O) groups is 1. The van der Waals surface area contributed by atoms with Crippen LogP contribution < -0.4 is 0 Å². The van der Waals surface area contributed by atoms with Crippen molar-refractivity contribution in [1.82, 2.24) is 0 Å². The van der Waals surface area contributed by atoms with Crippen LogP contribution in [0.3, 0.4) is 0 Å². The fraction of sp³-hybridized carbons (Fsp3) is 0.571. The number of aliphatic hydroxyl groups is 1. The number of thioether (sulfide) groups is 1. The molecule has 1 saturated heterocycles. The standard InChI is InChI=1S/C21H26ClFO5S/c1-3-26-20(25)9-15-10-21(27-13(2)18(11-24)28-21)7-6-19(15)29-12-14-4-5-17(23)16(22)8-14/h4-5,8,10,13,18-19,24H,3,6-7,9,11-12H2,1-2H3/t13-,18?,19?,21?/m1/s1. The van der Waals surface area contributed by atoms with Gasteiger partial charge in [-0.25, -0.2) is 4.39 Å². The van der Waals surface area contributed by atoms with Crippen LogP contribution >= 0.6 is 23.4 Å². The van der Waals surface area contributed by atoms with E-state index >= 15 is 0 Å². The number of aliphatic hydroxyl groups excluding tert-OH is 1. The SMILES string of the molecule is CCOC(=O)CC1=CC2(CCC1SCc1ccc(F)c(Cl)c1)OC(CO)[C@@H](C)O2. The molecule has 0 amide bonds. The molecule has 4 atom stereocenters. The molecule has 0 radical (unpaired) electrons. The lowest BCUT2D eigenvalue weighted by Crippen LogP contribution is -2.36. The van der Waals surface area contributed by atoms with E-state index in [4.69, 9.17) is 25.8 Å². The van der Waals surface area contributed by atoms with Crippen LogP contribution in [0.1, 0.15) is 38.7 Å². The summed E-state index contributed by atoms with van der Waals surface area (Å²) < 4.78 is 30.5. The number of ether oxygens (including phenoxy) is 3. The van der Waals surface area contributed by atoms with Gasteiger partial charge >= 0.3 is 5.97 Å². The van der Waals surface area contributed by atoms with Gasteiger partial charge in [0.2, 0.25) is 0 Å². The third-order valence-electron chi connectivity index (χ3n) is 5.10. The summed E-state index contributed by atoms with van der Waals surface area (Å²) in [5.41, 5.74) is 1.80. The Hall–Kier alpha value is -1.12. The molecule has 1 aromatic carbocycles. The summed E-state index contributed by atoms with van der Waals surface area (Å²) in [4.78, 5) is 12.1. The first-order chi connectivity index (χ1) is 13.9. The van der Waals surface area contributed by atoms with E-state index in [0.717, 1.165) is 17.6 Å². The van der Waals surface area contributed by atoms with Crippen molar-refractivity contribution in [3.63, 3.8) is 0 Å². The van der Waals surface area contributed by atoms with Crippen molar-refractivity contribution < 1.29 is 28.5 Å². The highest BCUT2D eigenvalue weighted by atomic mass is 35.5. The Balaban J connectivity index is 1.75. The summed E-state index contributed by atoms with van der Waals surface area (Å²) in [6.07, 6.45) is 2.79. The van der Waals surface area contributed by atoms with Crippen LogP contribution in [-0.4, -0.2) is 47.5 Å². The third kappa shape index (κ3) is 5.52. The normalized spacial score (nSPS) is 29.1. The first-order valence-electron chi connectivity index (χ1n) is 9.75. The second-order valence-electron chi connectivity index (χ2n) is 7.26. The predicted octanol–water partition coefficient (Wildman–Crippen LogP) is 4.25. The smallest absolute Gasteiger partial charge is 0.309 e. The minimum absolute atomic E-state index is 0.0737. The van der Waals surface area contributed by atoms with Gasteiger partial charge in [0.25, 0.3) is 0 Å². The van der Waals surface area contributed by atoms with Gasteiger partial charge in [-0.05, 0) is 49.6 Å². The van der Waals surface area contributed by atoms with E-state index in [1.807, 2.05) is 13.0 Å². The quantitative estimate of drug-likeness (QED) is 0.501. The summed E-state index contributed by atoms with van der Waals surface area (Å²) in [5, 5.41) is 9.67. The van der Waals surface area contributed by atoms with Crippen molar-refractivity contribution in [2.45, 2.75) is 62.1 Å². The Morgan fingerprint density at radius 3 is 2.90 bits per heavy atom. The molecule has 160 valence electrons. The summed E-state index contributed by atoms with van der Waals surface area (Å²) in [6, 6.07) is 4.70. The largest absolute Gasteiger partial charge is 0.466 e. The van der Waals surface area contributed by atoms with Gasteiger partial charge in [0.15, 0.2) is 5.79 Å². The molecule has 0 aromatic heterocycles. The van der Waals surface area contributed by atoms with Gasteiger partial charge in [0.05, 0.1) is 30.8 Å². The van der Waals surface area contributed by atoms with Gasteiger partial charge in [-0.15, -0.1) is 11.8 Å². The van der Waals surface area contributed by atoms with Crippen LogP contribution in [0.4, 0.5) is 4.39 Å². The number of esters is 1. The fourth-order valence-electron chi connectivity index (χ4n) is 3.67. The first-order valence-corrected chi connectivity index (χ1v) is 11.2. The highest BCUT2D eigenvalue weighted by Gasteiger charge is 2.47. The zero-order valence-corrected chi connectivity index (χ0v) is 18.1. The van der Waals surface area contributed by atoms with Gasteiger partial charge in [-0.3, -0.25) is 4.79 Å². The van der Waals surface area contributed by atoms with Crippen molar-refractivity contribution in [3.05, 3.63) is 46.3 Å². The molecule has 1 fully saturated rings. The van der Waals surface area contributed by atoms with Crippen molar-refractivity contribution >= 4 is 29.3 Å². The van der Waals surface area contributed by atoms with E-state index in [2.05, 4.69) is 0 Å². The van der Waals surface area contributed by atoms with Crippen LogP contribution in [0, 0.1) is 5.82 Å². The number of hydrogen-bond acceptors (Lipinski definition) is 6. The van der Waals surface area contributed by atoms with Crippen LogP contribution in [0.15, 0.2) is 29.8 Å². The summed E-state index contributed by atoms with van der Waals surface area (Å²) >= 11 is 7.55. The molecule has 5 nitrogen and oxygen atoms in total. The second kappa shape index (κ2) is 9.79. The average molecular weight is 445 g/mol. The molecular formula is C21H26ClFO5S. The Bertz CT molecular complexity index is 773. The molecule has 0 bridgehead atoms. The number of rotatable bonds is 7. The maximum Gasteiger partial charge on any atom is 0.309 e. The minimum Gasteiger partial charge on any atom is -0.466 e. The maximum atomic E-state index is 13.4. The Morgan fingerprint density at radius 1 is 1.45 bits per heavy atom. The van der Waals surface area contributed by atoms with Crippen molar-refractivity contribution in [3.8, 4) is 0 Å². The zero-order chi connectivity index (χ0) is 21.0. The Kier molecular flexibility index (Phi) is 7.62. The highest BCUT2D eigenvalue weighted by molar-refractivity contribution is 7.99. The second-order valence-corrected chi connectivity index (χ2v) is 8.86. The third-order valence-corrected chi connectivity index (χ3v) is 6.83. The molecule has 8 heteroatoms. The van der Waals surface area contributed by atoms with E-state index in [1.165, 1.54) is 6.07 Å². The van der Waals surface area contributed by atoms with Crippen molar-refractivity contribution in [1.29, 1.82) is 0 Å². The highest BCUT2D eigenvalue weighted by Crippen LogP contribution is 2.43. The Labute approximate surface area is 179 Å². The van der Waals surface area contributed by atoms with Crippen LogP contribution in [0.25, 0.3) is 0 Å². The van der Waals surface area contributed by atoms with E-state index in [9.17, 15) is 14.3 Å². The lowest BCUT2D eigenvalue weighted by molar-refractivity contribution is -0.148. The number of halogens is 2. The van der Waals surface area contributed by atoms with Crippen LogP contribution in [-0.2, 0) is 24.8 Å². The summed E-state index contributed by atoms with van der Waals surface area (Å²) in [6.45, 7) is 3.84. The van der Waals surface area contributed by atoms with Gasteiger partial charge in [-0.2, -0.15) is 0 Å². The molecule has 0 saturated carbocycles. The fourth-order valence-corrected chi connectivity index (χ4v) is 5.09. The van der Waals surface area contributed by atoms with Crippen LogP contribution in [0.2, 0.25) is 5.02 Å². The lowest BCUT2D eigenvalue weighted by Gasteiger charge is -2.34. The predicted molar refractivity (Wildman–Crippen MR) is 110 cm³/mol. The van der Waals surface area contributed by atoms with Gasteiger partial charge < -0.3 is 19.3 Å². The van der Waals surface area contributed by atoms with Gasteiger partial charge in [-0.1, -0.05) is 17.7 Å². The van der Waals surface area contributed by atoms with Crippen molar-refractivity contribution in [2.24, 2.45) is 0 Å². The molecule has 1 spiro atoms. The number of hydrogen-bond donors (Lipinski definition) is 1. The molecule has 3 unspecified atom stereocenters. The molecule has 1 N–H and O–H groups in total. The first kappa shape index (κ1) is 22.6. The molecule has 1 aliphatic heterocycles. The molecule has 3 rings (SSSR count). The molecule has 1 heterocycles. The maximum absolute atomic E-state index is 13.4. The zero-order valence-electron chi connectivity index (χ0n) is 16.5. The molecule has 1 aromatic rings. The molecular weight excluding hydrogens is 419 g/mol. The van der Waals surface area contributed by atoms with E-state index in [0.29, 0.717) is 18.8 Å². The summed E-state index contributed by atoms with van der Waals surface area (Å²) in [7, 11) is 0. The van der Waals surface area contributed by atoms with E-state index in [1.54, 1.807) is 30.8 Å². The van der Waals surface area contributed by atoms with Crippen molar-refractivity contribution in [2.75, 3.05) is 13.2 Å². The van der Waals surface area contributed by atoms with Gasteiger partial charge in [0.1, 0.15) is 11.9 Å². The Morgan fingerprint density at radius 2 is 2.24 bits per heavy atom. The lowest BCUT2D eigenvalue weighted by atomic mass is 9.92. The molecule has 1 aliphatic carbocycles.